The molecule has 0 radical (unpaired) electrons. The topological polar surface area (TPSA) is 61.0 Å². The van der Waals surface area contributed by atoms with Gasteiger partial charge in [0, 0.05) is 18.8 Å². The lowest BCUT2D eigenvalue weighted by Crippen LogP contribution is -2.35. The second-order valence-electron chi connectivity index (χ2n) is 5.87. The van der Waals surface area contributed by atoms with Crippen molar-refractivity contribution in [3.8, 4) is 0 Å². The third-order valence-corrected chi connectivity index (χ3v) is 3.86. The molecule has 2 heterocycles. The zero-order chi connectivity index (χ0) is 14.4. The normalized spacial score (nSPS) is 17.1. The Balaban J connectivity index is 1.73. The molecule has 0 aromatic carbocycles. The Bertz CT molecular complexity index is 419. The van der Waals surface area contributed by atoms with Crippen LogP contribution in [0.25, 0.3) is 0 Å². The molecule has 1 fully saturated rings. The van der Waals surface area contributed by atoms with Gasteiger partial charge in [-0.2, -0.15) is 5.10 Å². The molecule has 0 aliphatic carbocycles. The fourth-order valence-corrected chi connectivity index (χ4v) is 2.53. The molecule has 0 spiro atoms. The molecule has 2 rings (SSSR count). The van der Waals surface area contributed by atoms with Gasteiger partial charge >= 0.3 is 0 Å². The van der Waals surface area contributed by atoms with Gasteiger partial charge in [0.05, 0.1) is 0 Å². The number of hydrogen-bond acceptors (Lipinski definition) is 3. The lowest BCUT2D eigenvalue weighted by molar-refractivity contribution is 0.0943. The Kier molecular flexibility index (Phi) is 5.59. The third kappa shape index (κ3) is 4.34. The second kappa shape index (κ2) is 7.43. The van der Waals surface area contributed by atoms with Gasteiger partial charge < -0.3 is 10.2 Å². The Morgan fingerprint density at radius 2 is 2.05 bits per heavy atom. The van der Waals surface area contributed by atoms with E-state index in [9.17, 15) is 4.79 Å². The van der Waals surface area contributed by atoms with Crippen LogP contribution in [0, 0.1) is 0 Å². The fourth-order valence-electron chi connectivity index (χ4n) is 2.53. The molecule has 1 aromatic heterocycles. The Morgan fingerprint density at radius 1 is 1.35 bits per heavy atom. The summed E-state index contributed by atoms with van der Waals surface area (Å²) in [6.45, 7) is 8.12. The highest BCUT2D eigenvalue weighted by Gasteiger charge is 2.13. The molecule has 1 aromatic rings. The molecule has 0 unspecified atom stereocenters. The molecule has 0 saturated carbocycles. The fraction of sp³-hybridized carbons (Fsp3) is 0.733. The Morgan fingerprint density at radius 3 is 2.65 bits per heavy atom. The zero-order valence-electron chi connectivity index (χ0n) is 12.6. The summed E-state index contributed by atoms with van der Waals surface area (Å²) in [5, 5.41) is 9.94. The quantitative estimate of drug-likeness (QED) is 0.867. The van der Waals surface area contributed by atoms with Crippen LogP contribution in [0.2, 0.25) is 0 Å². The summed E-state index contributed by atoms with van der Waals surface area (Å²) in [5.41, 5.74) is 1.49. The van der Waals surface area contributed by atoms with Crippen molar-refractivity contribution in [2.24, 2.45) is 0 Å². The van der Waals surface area contributed by atoms with Crippen LogP contribution in [-0.2, 0) is 0 Å². The van der Waals surface area contributed by atoms with Crippen LogP contribution >= 0.6 is 0 Å². The molecule has 1 aliphatic rings. The van der Waals surface area contributed by atoms with Gasteiger partial charge in [0.2, 0.25) is 0 Å². The monoisotopic (exact) mass is 278 g/mol. The van der Waals surface area contributed by atoms with Crippen molar-refractivity contribution in [3.63, 3.8) is 0 Å². The minimum atomic E-state index is -0.0806. The van der Waals surface area contributed by atoms with E-state index in [1.165, 1.54) is 25.7 Å². The first-order valence-corrected chi connectivity index (χ1v) is 7.72. The van der Waals surface area contributed by atoms with E-state index in [1.807, 2.05) is 6.07 Å². The van der Waals surface area contributed by atoms with Gasteiger partial charge in [0.15, 0.2) is 0 Å². The molecule has 5 heteroatoms. The van der Waals surface area contributed by atoms with E-state index in [2.05, 4.69) is 34.3 Å². The highest BCUT2D eigenvalue weighted by atomic mass is 16.1. The minimum absolute atomic E-state index is 0.0806. The molecular formula is C15H26N4O. The highest BCUT2D eigenvalue weighted by Crippen LogP contribution is 2.12. The molecule has 20 heavy (non-hydrogen) atoms. The Labute approximate surface area is 121 Å². The van der Waals surface area contributed by atoms with Gasteiger partial charge in [-0.25, -0.2) is 0 Å². The van der Waals surface area contributed by atoms with Crippen molar-refractivity contribution in [2.75, 3.05) is 26.2 Å². The molecule has 0 atom stereocenters. The maximum Gasteiger partial charge on any atom is 0.271 e. The molecule has 1 aliphatic heterocycles. The van der Waals surface area contributed by atoms with Gasteiger partial charge in [-0.05, 0) is 37.9 Å². The van der Waals surface area contributed by atoms with Gasteiger partial charge in [-0.1, -0.05) is 26.7 Å². The van der Waals surface area contributed by atoms with Crippen LogP contribution in [0.5, 0.6) is 0 Å². The van der Waals surface area contributed by atoms with E-state index in [4.69, 9.17) is 0 Å². The number of carbonyl (C=O) groups excluding carboxylic acids is 1. The maximum absolute atomic E-state index is 12.0. The molecule has 2 N–H and O–H groups in total. The number of nitrogens with one attached hydrogen (secondary N) is 2. The minimum Gasteiger partial charge on any atom is -0.349 e. The first-order chi connectivity index (χ1) is 9.66. The first-order valence-electron chi connectivity index (χ1n) is 7.72. The smallest absolute Gasteiger partial charge is 0.271 e. The summed E-state index contributed by atoms with van der Waals surface area (Å²) in [6, 6.07) is 1.84. The highest BCUT2D eigenvalue weighted by molar-refractivity contribution is 5.92. The van der Waals surface area contributed by atoms with E-state index in [1.54, 1.807) is 0 Å². The summed E-state index contributed by atoms with van der Waals surface area (Å²) in [6.07, 6.45) is 5.25. The van der Waals surface area contributed by atoms with Gasteiger partial charge in [0.25, 0.3) is 5.91 Å². The standard InChI is InChI=1S/C15H26N4O/c1-12(2)13-11-14(18-17-13)15(20)16-7-10-19-8-5-3-4-6-9-19/h11-12H,3-10H2,1-2H3,(H,16,20)(H,17,18). The molecule has 112 valence electrons. The number of likely N-dealkylation sites (tertiary alicyclic amines) is 1. The van der Waals surface area contributed by atoms with Gasteiger partial charge in [0.1, 0.15) is 5.69 Å². The summed E-state index contributed by atoms with van der Waals surface area (Å²) >= 11 is 0. The number of amides is 1. The molecular weight excluding hydrogens is 252 g/mol. The number of aromatic amines is 1. The van der Waals surface area contributed by atoms with Crippen LogP contribution in [-0.4, -0.2) is 47.2 Å². The van der Waals surface area contributed by atoms with Crippen molar-refractivity contribution in [1.82, 2.24) is 20.4 Å². The van der Waals surface area contributed by atoms with Gasteiger partial charge in [-0.15, -0.1) is 0 Å². The molecule has 1 saturated heterocycles. The molecule has 5 nitrogen and oxygen atoms in total. The van der Waals surface area contributed by atoms with Gasteiger partial charge in [-0.3, -0.25) is 9.89 Å². The number of H-pyrrole nitrogens is 1. The van der Waals surface area contributed by atoms with Crippen LogP contribution in [0.4, 0.5) is 0 Å². The van der Waals surface area contributed by atoms with Crippen molar-refractivity contribution in [2.45, 2.75) is 45.4 Å². The lowest BCUT2D eigenvalue weighted by atomic mass is 10.1. The maximum atomic E-state index is 12.0. The molecule has 0 bridgehead atoms. The van der Waals surface area contributed by atoms with Crippen LogP contribution in [0.3, 0.4) is 0 Å². The first kappa shape index (κ1) is 15.0. The molecule has 1 amide bonds. The lowest BCUT2D eigenvalue weighted by Gasteiger charge is -2.19. The number of hydrogen-bond donors (Lipinski definition) is 2. The van der Waals surface area contributed by atoms with Crippen molar-refractivity contribution >= 4 is 5.91 Å². The summed E-state index contributed by atoms with van der Waals surface area (Å²) in [4.78, 5) is 14.4. The van der Waals surface area contributed by atoms with Crippen molar-refractivity contribution < 1.29 is 4.79 Å². The number of rotatable bonds is 5. The van der Waals surface area contributed by atoms with Crippen molar-refractivity contribution in [1.29, 1.82) is 0 Å². The van der Waals surface area contributed by atoms with Crippen molar-refractivity contribution in [3.05, 3.63) is 17.5 Å². The summed E-state index contributed by atoms with van der Waals surface area (Å²) in [7, 11) is 0. The number of aromatic nitrogens is 2. The van der Waals surface area contributed by atoms with Crippen LogP contribution < -0.4 is 5.32 Å². The number of carbonyl (C=O) groups is 1. The van der Waals surface area contributed by atoms with E-state index < -0.39 is 0 Å². The van der Waals surface area contributed by atoms with E-state index >= 15 is 0 Å². The summed E-state index contributed by atoms with van der Waals surface area (Å²) < 4.78 is 0. The zero-order valence-corrected chi connectivity index (χ0v) is 12.6. The third-order valence-electron chi connectivity index (χ3n) is 3.86. The largest absolute Gasteiger partial charge is 0.349 e. The van der Waals surface area contributed by atoms with E-state index in [0.29, 0.717) is 18.2 Å². The predicted molar refractivity (Wildman–Crippen MR) is 79.9 cm³/mol. The predicted octanol–water partition coefficient (Wildman–Crippen LogP) is 2.14. The van der Waals surface area contributed by atoms with E-state index in [0.717, 1.165) is 25.3 Å². The number of nitrogens with zero attached hydrogens (tertiary/aromatic N) is 2. The average Bonchev–Trinajstić information content (AvgIpc) is 2.78. The Hall–Kier alpha value is -1.36. The summed E-state index contributed by atoms with van der Waals surface area (Å²) in [5.74, 6) is 0.282. The second-order valence-corrected chi connectivity index (χ2v) is 5.87. The average molecular weight is 278 g/mol. The van der Waals surface area contributed by atoms with E-state index in [-0.39, 0.29) is 5.91 Å². The SMILES string of the molecule is CC(C)c1cc(C(=O)NCCN2CCCCCC2)n[nH]1. The van der Waals surface area contributed by atoms with Crippen LogP contribution in [0.15, 0.2) is 6.07 Å². The van der Waals surface area contributed by atoms with Crippen LogP contribution in [0.1, 0.15) is 61.6 Å².